The number of rotatable bonds is 1. The second-order valence-corrected chi connectivity index (χ2v) is 8.05. The molecule has 2 aliphatic rings. The van der Waals surface area contributed by atoms with Crippen molar-refractivity contribution in [2.75, 3.05) is 18.0 Å². The molecule has 28 heavy (non-hydrogen) atoms. The normalized spacial score (nSPS) is 21.2. The van der Waals surface area contributed by atoms with Crippen LogP contribution in [0.5, 0.6) is 0 Å². The van der Waals surface area contributed by atoms with Crippen molar-refractivity contribution in [2.24, 2.45) is 0 Å². The maximum Gasteiger partial charge on any atom is 0.0879 e. The number of aromatic nitrogens is 1. The predicted octanol–water partition coefficient (Wildman–Crippen LogP) is 4.68. The van der Waals surface area contributed by atoms with E-state index in [4.69, 9.17) is 0 Å². The second kappa shape index (κ2) is 6.65. The van der Waals surface area contributed by atoms with E-state index in [1.54, 1.807) is 0 Å². The van der Waals surface area contributed by atoms with Gasteiger partial charge in [0.1, 0.15) is 0 Å². The average molecular weight is 367 g/mol. The van der Waals surface area contributed by atoms with E-state index in [1.807, 2.05) is 19.2 Å². The van der Waals surface area contributed by atoms with E-state index in [9.17, 15) is 0 Å². The van der Waals surface area contributed by atoms with Gasteiger partial charge < -0.3 is 4.90 Å². The Labute approximate surface area is 167 Å². The molecule has 3 heterocycles. The van der Waals surface area contributed by atoms with Crippen LogP contribution >= 0.6 is 0 Å². The molecule has 2 aromatic carbocycles. The van der Waals surface area contributed by atoms with Gasteiger partial charge in [0.15, 0.2) is 0 Å². The van der Waals surface area contributed by atoms with Crippen molar-refractivity contribution in [1.29, 1.82) is 0 Å². The number of aryl methyl sites for hydroxylation is 1. The molecule has 5 rings (SSSR count). The van der Waals surface area contributed by atoms with Gasteiger partial charge in [0.25, 0.3) is 0 Å². The molecule has 1 saturated heterocycles. The van der Waals surface area contributed by atoms with Crippen LogP contribution in [0.2, 0.25) is 0 Å². The minimum absolute atomic E-state index is 0.459. The third-order valence-corrected chi connectivity index (χ3v) is 6.20. The number of benzene rings is 2. The van der Waals surface area contributed by atoms with Crippen LogP contribution in [0.25, 0.3) is 10.9 Å². The highest BCUT2D eigenvalue weighted by Gasteiger charge is 2.39. The van der Waals surface area contributed by atoms with Gasteiger partial charge in [-0.2, -0.15) is 0 Å². The van der Waals surface area contributed by atoms with Gasteiger partial charge in [-0.3, -0.25) is 9.88 Å². The van der Waals surface area contributed by atoms with Crippen molar-refractivity contribution in [2.45, 2.75) is 39.4 Å². The van der Waals surface area contributed by atoms with Crippen molar-refractivity contribution in [3.63, 3.8) is 0 Å². The number of nitrogens with zero attached hydrogens (tertiary/aromatic N) is 3. The molecule has 2 unspecified atom stereocenters. The van der Waals surface area contributed by atoms with E-state index in [-0.39, 0.29) is 0 Å². The number of piperazine rings is 1. The first-order valence-corrected chi connectivity index (χ1v) is 10.1. The quantitative estimate of drug-likeness (QED) is 0.582. The van der Waals surface area contributed by atoms with Crippen LogP contribution in [0, 0.1) is 18.8 Å². The third-order valence-electron chi connectivity index (χ3n) is 6.20. The fourth-order valence-electron chi connectivity index (χ4n) is 4.92. The second-order valence-electron chi connectivity index (χ2n) is 8.05. The standard InChI is InChI=1S/C25H25N3/c1-4-6-19-9-11-23(22-7-5-12-26-25(19)22)27-14-18(3)28-15-20-13-17(2)8-10-21(20)24(28)16-27/h5,7-13,18,24H,14-16H2,1-3H3. The molecule has 140 valence electrons. The summed E-state index contributed by atoms with van der Waals surface area (Å²) in [6.07, 6.45) is 1.86. The molecule has 3 aromatic rings. The summed E-state index contributed by atoms with van der Waals surface area (Å²) in [5.41, 5.74) is 7.64. The molecule has 0 spiro atoms. The molecule has 1 aromatic heterocycles. The van der Waals surface area contributed by atoms with E-state index >= 15 is 0 Å². The summed E-state index contributed by atoms with van der Waals surface area (Å²) >= 11 is 0. The van der Waals surface area contributed by atoms with E-state index in [0.29, 0.717) is 12.1 Å². The molecule has 0 saturated carbocycles. The summed E-state index contributed by atoms with van der Waals surface area (Å²) in [4.78, 5) is 9.86. The first-order chi connectivity index (χ1) is 13.7. The van der Waals surface area contributed by atoms with Gasteiger partial charge in [0.05, 0.1) is 17.1 Å². The van der Waals surface area contributed by atoms with Crippen LogP contribution in [0.1, 0.15) is 42.1 Å². The highest BCUT2D eigenvalue weighted by molar-refractivity contribution is 5.95. The lowest BCUT2D eigenvalue weighted by molar-refractivity contribution is 0.134. The summed E-state index contributed by atoms with van der Waals surface area (Å²) in [6.45, 7) is 9.55. The van der Waals surface area contributed by atoms with Crippen LogP contribution in [0.15, 0.2) is 48.7 Å². The Balaban J connectivity index is 1.57. The van der Waals surface area contributed by atoms with E-state index in [2.05, 4.69) is 76.9 Å². The van der Waals surface area contributed by atoms with Gasteiger partial charge in [0, 0.05) is 42.9 Å². The van der Waals surface area contributed by atoms with Crippen molar-refractivity contribution in [1.82, 2.24) is 9.88 Å². The van der Waals surface area contributed by atoms with Crippen molar-refractivity contribution >= 4 is 16.6 Å². The Hall–Kier alpha value is -2.83. The monoisotopic (exact) mass is 367 g/mol. The fraction of sp³-hybridized carbons (Fsp3) is 0.320. The average Bonchev–Trinajstić information content (AvgIpc) is 3.06. The van der Waals surface area contributed by atoms with Gasteiger partial charge in [-0.25, -0.2) is 0 Å². The summed E-state index contributed by atoms with van der Waals surface area (Å²) in [6, 6.07) is 16.5. The molecule has 3 heteroatoms. The largest absolute Gasteiger partial charge is 0.368 e. The maximum absolute atomic E-state index is 4.65. The van der Waals surface area contributed by atoms with Crippen molar-refractivity contribution in [3.05, 3.63) is 70.9 Å². The molecular formula is C25H25N3. The lowest BCUT2D eigenvalue weighted by atomic mass is 9.99. The SMILES string of the molecule is CC#Cc1ccc(N2CC(C)N3Cc4cc(C)ccc4C3C2)c2cccnc12. The Morgan fingerprint density at radius 3 is 2.86 bits per heavy atom. The Bertz CT molecular complexity index is 1120. The highest BCUT2D eigenvalue weighted by atomic mass is 15.3. The maximum atomic E-state index is 4.65. The zero-order valence-electron chi connectivity index (χ0n) is 16.7. The number of pyridine rings is 1. The van der Waals surface area contributed by atoms with Gasteiger partial charge in [-0.05, 0) is 56.2 Å². The van der Waals surface area contributed by atoms with E-state index < -0.39 is 0 Å². The van der Waals surface area contributed by atoms with E-state index in [1.165, 1.54) is 27.8 Å². The molecule has 2 aliphatic heterocycles. The summed E-state index contributed by atoms with van der Waals surface area (Å²) in [5, 5.41) is 1.20. The van der Waals surface area contributed by atoms with Crippen molar-refractivity contribution in [3.8, 4) is 11.8 Å². The van der Waals surface area contributed by atoms with Crippen LogP contribution in [0.4, 0.5) is 5.69 Å². The molecule has 0 bridgehead atoms. The van der Waals surface area contributed by atoms with E-state index in [0.717, 1.165) is 30.7 Å². The van der Waals surface area contributed by atoms with Crippen LogP contribution < -0.4 is 4.90 Å². The summed E-state index contributed by atoms with van der Waals surface area (Å²) in [5.74, 6) is 6.22. The van der Waals surface area contributed by atoms with Gasteiger partial charge >= 0.3 is 0 Å². The van der Waals surface area contributed by atoms with Crippen LogP contribution in [-0.4, -0.2) is 29.0 Å². The van der Waals surface area contributed by atoms with Gasteiger partial charge in [-0.15, -0.1) is 5.92 Å². The molecule has 0 amide bonds. The number of fused-ring (bicyclic) bond motifs is 4. The summed E-state index contributed by atoms with van der Waals surface area (Å²) in [7, 11) is 0. The van der Waals surface area contributed by atoms with Gasteiger partial charge in [-0.1, -0.05) is 29.7 Å². The molecule has 3 nitrogen and oxygen atoms in total. The lowest BCUT2D eigenvalue weighted by Crippen LogP contribution is -2.51. The molecule has 1 fully saturated rings. The predicted molar refractivity (Wildman–Crippen MR) is 115 cm³/mol. The molecule has 0 radical (unpaired) electrons. The molecule has 2 atom stereocenters. The fourth-order valence-corrected chi connectivity index (χ4v) is 4.92. The Morgan fingerprint density at radius 1 is 1.11 bits per heavy atom. The highest BCUT2D eigenvalue weighted by Crippen LogP contribution is 2.41. The Morgan fingerprint density at radius 2 is 2.00 bits per heavy atom. The first kappa shape index (κ1) is 17.3. The summed E-state index contributed by atoms with van der Waals surface area (Å²) < 4.78 is 0. The van der Waals surface area contributed by atoms with Gasteiger partial charge in [0.2, 0.25) is 0 Å². The molecule has 0 N–H and O–H groups in total. The third kappa shape index (κ3) is 2.68. The van der Waals surface area contributed by atoms with Crippen molar-refractivity contribution < 1.29 is 0 Å². The van der Waals surface area contributed by atoms with Crippen LogP contribution in [-0.2, 0) is 6.54 Å². The lowest BCUT2D eigenvalue weighted by Gasteiger charge is -2.44. The Kier molecular flexibility index (Phi) is 4.10. The number of hydrogen-bond donors (Lipinski definition) is 0. The van der Waals surface area contributed by atoms with Crippen LogP contribution in [0.3, 0.4) is 0 Å². The molecular weight excluding hydrogens is 342 g/mol. The first-order valence-electron chi connectivity index (χ1n) is 10.1. The topological polar surface area (TPSA) is 19.4 Å². The zero-order chi connectivity index (χ0) is 19.3. The zero-order valence-corrected chi connectivity index (χ0v) is 16.7. The minimum atomic E-state index is 0.459. The minimum Gasteiger partial charge on any atom is -0.368 e. The smallest absolute Gasteiger partial charge is 0.0879 e. The number of anilines is 1. The number of hydrogen-bond acceptors (Lipinski definition) is 3. The molecule has 0 aliphatic carbocycles.